The first-order chi connectivity index (χ1) is 17.7. The fraction of sp³-hybridized carbons (Fsp3) is 0.500. The highest BCUT2D eigenvalue weighted by molar-refractivity contribution is 5.97. The summed E-state index contributed by atoms with van der Waals surface area (Å²) in [5.74, 6) is 2.08. The minimum absolute atomic E-state index is 0.0000326. The second kappa shape index (κ2) is 10.1. The standard InChI is InChI=1S/C26H34N8O3/c1-15(2)24-17-9-23(30-22-5-7-27-26(31-22)33-8-6-20(35)21(36)14-33)28-10-18(17)19(11-29-24)34-12-16(13-34)25(37)32(3)4/h5,7,9-11,15-16,20-21,35-36H,6,8,12-14H2,1-4H3,(H,27,28,30,31)/t20-,21+/m1/s1. The van der Waals surface area contributed by atoms with Crippen LogP contribution in [-0.2, 0) is 4.79 Å². The van der Waals surface area contributed by atoms with Crippen LogP contribution in [0.4, 0.5) is 23.3 Å². The predicted octanol–water partition coefficient (Wildman–Crippen LogP) is 1.74. The number of amides is 1. The van der Waals surface area contributed by atoms with E-state index < -0.39 is 12.2 Å². The second-order valence-electron chi connectivity index (χ2n) is 10.4. The molecule has 0 radical (unpaired) electrons. The maximum absolute atomic E-state index is 12.3. The van der Waals surface area contributed by atoms with Crippen molar-refractivity contribution in [2.75, 3.05) is 55.4 Å². The number of fused-ring (bicyclic) bond motifs is 1. The summed E-state index contributed by atoms with van der Waals surface area (Å²) >= 11 is 0. The molecule has 3 aromatic heterocycles. The summed E-state index contributed by atoms with van der Waals surface area (Å²) in [6, 6.07) is 3.76. The molecule has 2 saturated heterocycles. The van der Waals surface area contributed by atoms with Crippen molar-refractivity contribution in [3.05, 3.63) is 36.4 Å². The summed E-state index contributed by atoms with van der Waals surface area (Å²) in [6.45, 7) is 6.42. The Labute approximate surface area is 216 Å². The van der Waals surface area contributed by atoms with Gasteiger partial charge >= 0.3 is 0 Å². The number of carbonyl (C=O) groups excluding carboxylic acids is 1. The molecule has 11 nitrogen and oxygen atoms in total. The van der Waals surface area contributed by atoms with Crippen LogP contribution in [0.3, 0.4) is 0 Å². The van der Waals surface area contributed by atoms with Gasteiger partial charge in [-0.05, 0) is 24.5 Å². The number of aromatic nitrogens is 4. The largest absolute Gasteiger partial charge is 0.390 e. The van der Waals surface area contributed by atoms with Crippen molar-refractivity contribution < 1.29 is 15.0 Å². The highest BCUT2D eigenvalue weighted by atomic mass is 16.3. The lowest BCUT2D eigenvalue weighted by molar-refractivity contribution is -0.133. The van der Waals surface area contributed by atoms with E-state index in [0.29, 0.717) is 43.6 Å². The number of carbonyl (C=O) groups is 1. The Bertz CT molecular complexity index is 1290. The van der Waals surface area contributed by atoms with Gasteiger partial charge in [0.15, 0.2) is 0 Å². The fourth-order valence-electron chi connectivity index (χ4n) is 4.92. The van der Waals surface area contributed by atoms with Gasteiger partial charge in [-0.25, -0.2) is 9.97 Å². The third-order valence-corrected chi connectivity index (χ3v) is 7.07. The summed E-state index contributed by atoms with van der Waals surface area (Å²) in [7, 11) is 3.58. The molecule has 5 heterocycles. The Morgan fingerprint density at radius 1 is 1.03 bits per heavy atom. The fourth-order valence-corrected chi connectivity index (χ4v) is 4.92. The molecule has 2 atom stereocenters. The molecule has 196 valence electrons. The lowest BCUT2D eigenvalue weighted by Gasteiger charge is -2.41. The molecule has 11 heteroatoms. The number of pyridine rings is 2. The molecule has 0 saturated carbocycles. The summed E-state index contributed by atoms with van der Waals surface area (Å²) in [5, 5.41) is 25.1. The van der Waals surface area contributed by atoms with Crippen LogP contribution in [0.25, 0.3) is 10.8 Å². The van der Waals surface area contributed by atoms with Crippen LogP contribution in [0.5, 0.6) is 0 Å². The van der Waals surface area contributed by atoms with Crippen molar-refractivity contribution in [2.45, 2.75) is 38.4 Å². The highest BCUT2D eigenvalue weighted by Gasteiger charge is 2.35. The van der Waals surface area contributed by atoms with E-state index >= 15 is 0 Å². The Morgan fingerprint density at radius 3 is 2.51 bits per heavy atom. The van der Waals surface area contributed by atoms with Gasteiger partial charge in [0.2, 0.25) is 11.9 Å². The maximum atomic E-state index is 12.3. The highest BCUT2D eigenvalue weighted by Crippen LogP contribution is 2.35. The molecule has 0 spiro atoms. The number of nitrogens with zero attached hydrogens (tertiary/aromatic N) is 7. The maximum Gasteiger partial charge on any atom is 0.228 e. The van der Waals surface area contributed by atoms with Gasteiger partial charge in [0, 0.05) is 63.4 Å². The average molecular weight is 507 g/mol. The van der Waals surface area contributed by atoms with Crippen LogP contribution in [0.2, 0.25) is 0 Å². The minimum atomic E-state index is -0.824. The lowest BCUT2D eigenvalue weighted by Crippen LogP contribution is -2.53. The molecule has 3 N–H and O–H groups in total. The van der Waals surface area contributed by atoms with Crippen LogP contribution >= 0.6 is 0 Å². The van der Waals surface area contributed by atoms with Crippen molar-refractivity contribution in [2.24, 2.45) is 5.92 Å². The van der Waals surface area contributed by atoms with E-state index in [1.165, 1.54) is 0 Å². The molecule has 2 fully saturated rings. The zero-order valence-electron chi connectivity index (χ0n) is 21.7. The molecular weight excluding hydrogens is 472 g/mol. The SMILES string of the molecule is CC(C)c1ncc(N2CC(C(=O)N(C)C)C2)c2cnc(Nc3ccnc(N4CC[C@@H](O)[C@@H](O)C4)n3)cc12. The van der Waals surface area contributed by atoms with Crippen molar-refractivity contribution in [1.29, 1.82) is 0 Å². The Kier molecular flexibility index (Phi) is 6.82. The number of hydrogen-bond donors (Lipinski definition) is 3. The van der Waals surface area contributed by atoms with E-state index in [-0.39, 0.29) is 24.3 Å². The molecule has 5 rings (SSSR count). The Hall–Kier alpha value is -3.57. The zero-order valence-corrected chi connectivity index (χ0v) is 21.7. The predicted molar refractivity (Wildman–Crippen MR) is 142 cm³/mol. The van der Waals surface area contributed by atoms with E-state index in [4.69, 9.17) is 4.98 Å². The van der Waals surface area contributed by atoms with Gasteiger partial charge < -0.3 is 30.2 Å². The zero-order chi connectivity index (χ0) is 26.3. The Morgan fingerprint density at radius 2 is 1.81 bits per heavy atom. The molecule has 3 aromatic rings. The monoisotopic (exact) mass is 506 g/mol. The van der Waals surface area contributed by atoms with Gasteiger partial charge in [0.1, 0.15) is 11.6 Å². The van der Waals surface area contributed by atoms with Crippen LogP contribution in [0, 0.1) is 5.92 Å². The Balaban J connectivity index is 1.39. The van der Waals surface area contributed by atoms with Crippen molar-refractivity contribution >= 4 is 40.0 Å². The molecule has 0 unspecified atom stereocenters. The number of rotatable bonds is 6. The third kappa shape index (κ3) is 5.01. The molecular formula is C26H34N8O3. The number of piperidine rings is 1. The normalized spacial score (nSPS) is 20.3. The van der Waals surface area contributed by atoms with Gasteiger partial charge in [-0.3, -0.25) is 9.78 Å². The minimum Gasteiger partial charge on any atom is -0.390 e. The van der Waals surface area contributed by atoms with Crippen LogP contribution in [-0.4, -0.2) is 93.4 Å². The summed E-state index contributed by atoms with van der Waals surface area (Å²) in [5.41, 5.74) is 1.96. The van der Waals surface area contributed by atoms with Gasteiger partial charge in [-0.15, -0.1) is 0 Å². The van der Waals surface area contributed by atoms with Crippen LogP contribution in [0.15, 0.2) is 30.7 Å². The van der Waals surface area contributed by atoms with Gasteiger partial charge in [-0.2, -0.15) is 4.98 Å². The number of nitrogens with one attached hydrogen (secondary N) is 1. The molecule has 2 aliphatic heterocycles. The third-order valence-electron chi connectivity index (χ3n) is 7.07. The molecule has 1 amide bonds. The van der Waals surface area contributed by atoms with Crippen LogP contribution < -0.4 is 15.1 Å². The first-order valence-electron chi connectivity index (χ1n) is 12.7. The van der Waals surface area contributed by atoms with Gasteiger partial charge in [0.25, 0.3) is 0 Å². The topological polar surface area (TPSA) is 131 Å². The summed E-state index contributed by atoms with van der Waals surface area (Å²) in [6.07, 6.45) is 4.33. The number of anilines is 4. The van der Waals surface area contributed by atoms with E-state index in [1.807, 2.05) is 23.4 Å². The molecule has 0 bridgehead atoms. The van der Waals surface area contributed by atoms with E-state index in [2.05, 4.69) is 39.0 Å². The quantitative estimate of drug-likeness (QED) is 0.454. The lowest BCUT2D eigenvalue weighted by atomic mass is 9.96. The first-order valence-corrected chi connectivity index (χ1v) is 12.7. The average Bonchev–Trinajstić information content (AvgIpc) is 2.84. The first kappa shape index (κ1) is 25.1. The van der Waals surface area contributed by atoms with Crippen molar-refractivity contribution in [3.63, 3.8) is 0 Å². The van der Waals surface area contributed by atoms with Crippen molar-refractivity contribution in [1.82, 2.24) is 24.8 Å². The van der Waals surface area contributed by atoms with Gasteiger partial charge in [-0.1, -0.05) is 13.8 Å². The van der Waals surface area contributed by atoms with Crippen molar-refractivity contribution in [3.8, 4) is 0 Å². The molecule has 0 aliphatic carbocycles. The van der Waals surface area contributed by atoms with E-state index in [9.17, 15) is 15.0 Å². The summed E-state index contributed by atoms with van der Waals surface area (Å²) < 4.78 is 0. The molecule has 0 aromatic carbocycles. The van der Waals surface area contributed by atoms with Gasteiger partial charge in [0.05, 0.1) is 35.7 Å². The number of hydrogen-bond acceptors (Lipinski definition) is 10. The smallest absolute Gasteiger partial charge is 0.228 e. The number of aliphatic hydroxyl groups excluding tert-OH is 2. The molecule has 37 heavy (non-hydrogen) atoms. The van der Waals surface area contributed by atoms with Crippen LogP contribution in [0.1, 0.15) is 31.9 Å². The summed E-state index contributed by atoms with van der Waals surface area (Å²) in [4.78, 5) is 36.4. The number of β-amino-alcohol motifs (C(OH)–C–C–N with tert-alkyl or cyclic N) is 1. The second-order valence-corrected chi connectivity index (χ2v) is 10.4. The van der Waals surface area contributed by atoms with E-state index in [0.717, 1.165) is 22.2 Å². The molecule has 2 aliphatic rings. The van der Waals surface area contributed by atoms with E-state index in [1.54, 1.807) is 31.3 Å². The number of aliphatic hydroxyl groups is 2.